The van der Waals surface area contributed by atoms with Gasteiger partial charge in [0, 0.05) is 5.92 Å². The summed E-state index contributed by atoms with van der Waals surface area (Å²) in [7, 11) is 0. The lowest BCUT2D eigenvalue weighted by molar-refractivity contribution is 0.188. The Kier molecular flexibility index (Phi) is 8.62. The molecule has 0 bridgehead atoms. The maximum Gasteiger partial charge on any atom is 0.133 e. The Hall–Kier alpha value is -4.52. The van der Waals surface area contributed by atoms with Gasteiger partial charge in [0.2, 0.25) is 0 Å². The van der Waals surface area contributed by atoms with Crippen LogP contribution in [-0.2, 0) is 0 Å². The molecule has 0 heterocycles. The third-order valence-corrected chi connectivity index (χ3v) is 4.84. The van der Waals surface area contributed by atoms with Crippen LogP contribution in [0, 0.1) is 51.2 Å². The number of benzene rings is 2. The molecule has 2 rings (SSSR count). The van der Waals surface area contributed by atoms with Crippen LogP contribution in [0.25, 0.3) is 11.1 Å². The molecule has 0 radical (unpaired) electrons. The highest BCUT2D eigenvalue weighted by Crippen LogP contribution is 2.23. The lowest BCUT2D eigenvalue weighted by Crippen LogP contribution is -2.16. The Balaban J connectivity index is 1.89. The fourth-order valence-electron chi connectivity index (χ4n) is 2.80. The van der Waals surface area contributed by atoms with Crippen LogP contribution in [0.3, 0.4) is 0 Å². The van der Waals surface area contributed by atoms with Crippen molar-refractivity contribution in [2.24, 2.45) is 5.92 Å². The van der Waals surface area contributed by atoms with E-state index >= 15 is 0 Å². The summed E-state index contributed by atoms with van der Waals surface area (Å²) in [5, 5.41) is 35.9. The van der Waals surface area contributed by atoms with Crippen molar-refractivity contribution >= 4 is 11.1 Å². The van der Waals surface area contributed by atoms with E-state index in [-0.39, 0.29) is 17.1 Å². The van der Waals surface area contributed by atoms with Crippen molar-refractivity contribution in [3.05, 3.63) is 70.8 Å². The van der Waals surface area contributed by atoms with Gasteiger partial charge in [-0.15, -0.1) is 0 Å². The highest BCUT2D eigenvalue weighted by Gasteiger charge is 2.08. The fourth-order valence-corrected chi connectivity index (χ4v) is 2.80. The van der Waals surface area contributed by atoms with Crippen LogP contribution in [0.1, 0.15) is 31.9 Å². The van der Waals surface area contributed by atoms with Crippen molar-refractivity contribution in [2.75, 3.05) is 13.2 Å². The van der Waals surface area contributed by atoms with Gasteiger partial charge >= 0.3 is 0 Å². The normalized spacial score (nSPS) is 9.50. The van der Waals surface area contributed by atoms with Crippen molar-refractivity contribution < 1.29 is 9.47 Å². The monoisotopic (exact) mass is 422 g/mol. The predicted octanol–water partition coefficient (Wildman–Crippen LogP) is 5.42. The summed E-state index contributed by atoms with van der Waals surface area (Å²) in [6.45, 7) is 6.42. The molecule has 6 heteroatoms. The summed E-state index contributed by atoms with van der Waals surface area (Å²) in [5.74, 6) is 1.52. The summed E-state index contributed by atoms with van der Waals surface area (Å²) in [4.78, 5) is 0. The third-order valence-electron chi connectivity index (χ3n) is 4.84. The Morgan fingerprint density at radius 1 is 0.656 bits per heavy atom. The van der Waals surface area contributed by atoms with E-state index in [0.29, 0.717) is 35.9 Å². The van der Waals surface area contributed by atoms with E-state index in [0.717, 1.165) is 11.1 Å². The fraction of sp³-hybridized carbons (Fsp3) is 0.231. The zero-order chi connectivity index (χ0) is 23.5. The first-order valence-corrected chi connectivity index (χ1v) is 9.92. The first kappa shape index (κ1) is 23.8. The van der Waals surface area contributed by atoms with Gasteiger partial charge in [-0.05, 0) is 60.4 Å². The highest BCUT2D eigenvalue weighted by atomic mass is 16.5. The Bertz CT molecular complexity index is 1050. The van der Waals surface area contributed by atoms with E-state index in [1.165, 1.54) is 0 Å². The number of hydrogen-bond donors (Lipinski definition) is 0. The zero-order valence-corrected chi connectivity index (χ0v) is 18.2. The van der Waals surface area contributed by atoms with E-state index in [1.807, 2.05) is 79.7 Å². The molecule has 0 saturated heterocycles. The molecule has 0 atom stereocenters. The lowest BCUT2D eigenvalue weighted by atomic mass is 10.0. The number of allylic oxidation sites excluding steroid dienone is 4. The minimum absolute atomic E-state index is 0.0965. The zero-order valence-electron chi connectivity index (χ0n) is 18.2. The van der Waals surface area contributed by atoms with Gasteiger partial charge < -0.3 is 9.47 Å². The molecular formula is C26H22N4O2. The van der Waals surface area contributed by atoms with E-state index < -0.39 is 0 Å². The van der Waals surface area contributed by atoms with Crippen molar-refractivity contribution in [1.29, 1.82) is 21.0 Å². The molecule has 158 valence electrons. The summed E-state index contributed by atoms with van der Waals surface area (Å²) < 4.78 is 11.6. The second kappa shape index (κ2) is 11.6. The Labute approximate surface area is 188 Å². The van der Waals surface area contributed by atoms with E-state index in [9.17, 15) is 0 Å². The van der Waals surface area contributed by atoms with Crippen LogP contribution < -0.4 is 9.47 Å². The molecule has 0 aromatic heterocycles. The molecule has 0 fully saturated rings. The average Bonchev–Trinajstić information content (AvgIpc) is 2.83. The quantitative estimate of drug-likeness (QED) is 0.525. The maximum absolute atomic E-state index is 8.98. The van der Waals surface area contributed by atoms with Crippen molar-refractivity contribution in [3.8, 4) is 35.8 Å². The van der Waals surface area contributed by atoms with Crippen molar-refractivity contribution in [3.63, 3.8) is 0 Å². The summed E-state index contributed by atoms with van der Waals surface area (Å²) in [6.07, 6.45) is 0. The van der Waals surface area contributed by atoms with Crippen LogP contribution >= 0.6 is 0 Å². The van der Waals surface area contributed by atoms with Crippen LogP contribution in [0.2, 0.25) is 0 Å². The molecule has 0 amide bonds. The van der Waals surface area contributed by atoms with Crippen LogP contribution in [0.5, 0.6) is 11.5 Å². The minimum atomic E-state index is 0.0965. The summed E-state index contributed by atoms with van der Waals surface area (Å²) in [5.41, 5.74) is 3.07. The second-order valence-electron chi connectivity index (χ2n) is 7.22. The molecule has 2 aromatic carbocycles. The summed E-state index contributed by atoms with van der Waals surface area (Å²) >= 11 is 0. The van der Waals surface area contributed by atoms with E-state index in [4.69, 9.17) is 30.5 Å². The topological polar surface area (TPSA) is 114 Å². The minimum Gasteiger partial charge on any atom is -0.493 e. The van der Waals surface area contributed by atoms with Gasteiger partial charge in [0.15, 0.2) is 0 Å². The number of hydrogen-bond acceptors (Lipinski definition) is 6. The molecular weight excluding hydrogens is 400 g/mol. The number of nitriles is 4. The molecule has 2 aromatic rings. The number of rotatable bonds is 8. The standard InChI is InChI=1S/C26H22N4O2/c1-18(16-31-25-8-4-21(5-9-25)19(2)23(12-27)13-28)17-32-26-10-6-22(7-11-26)20(3)24(14-29)15-30/h4-11,18H,16-17H2,1-3H3. The third kappa shape index (κ3) is 6.24. The first-order chi connectivity index (χ1) is 15.4. The second-order valence-corrected chi connectivity index (χ2v) is 7.22. The molecule has 0 unspecified atom stereocenters. The lowest BCUT2D eigenvalue weighted by Gasteiger charge is -2.15. The molecule has 0 spiro atoms. The molecule has 0 aliphatic carbocycles. The molecule has 0 aliphatic heterocycles. The highest BCUT2D eigenvalue weighted by molar-refractivity contribution is 5.74. The van der Waals surface area contributed by atoms with Gasteiger partial charge in [0.1, 0.15) is 46.9 Å². The smallest absolute Gasteiger partial charge is 0.133 e. The molecule has 0 saturated carbocycles. The summed E-state index contributed by atoms with van der Waals surface area (Å²) in [6, 6.07) is 22.1. The van der Waals surface area contributed by atoms with Gasteiger partial charge in [-0.25, -0.2) is 0 Å². The van der Waals surface area contributed by atoms with Crippen LogP contribution in [0.15, 0.2) is 59.7 Å². The molecule has 0 aliphatic rings. The van der Waals surface area contributed by atoms with E-state index in [1.54, 1.807) is 13.8 Å². The first-order valence-electron chi connectivity index (χ1n) is 9.92. The van der Waals surface area contributed by atoms with Gasteiger partial charge in [0.05, 0.1) is 13.2 Å². The van der Waals surface area contributed by atoms with Gasteiger partial charge in [-0.3, -0.25) is 0 Å². The Morgan fingerprint density at radius 2 is 0.969 bits per heavy atom. The molecule has 32 heavy (non-hydrogen) atoms. The van der Waals surface area contributed by atoms with Crippen molar-refractivity contribution in [2.45, 2.75) is 20.8 Å². The number of ether oxygens (including phenoxy) is 2. The predicted molar refractivity (Wildman–Crippen MR) is 121 cm³/mol. The number of nitrogens with zero attached hydrogens (tertiary/aromatic N) is 4. The maximum atomic E-state index is 8.98. The van der Waals surface area contributed by atoms with Crippen molar-refractivity contribution in [1.82, 2.24) is 0 Å². The largest absolute Gasteiger partial charge is 0.493 e. The van der Waals surface area contributed by atoms with Crippen LogP contribution in [0.4, 0.5) is 0 Å². The molecule has 0 N–H and O–H groups in total. The van der Waals surface area contributed by atoms with Gasteiger partial charge in [-0.2, -0.15) is 21.0 Å². The molecule has 6 nitrogen and oxygen atoms in total. The SMILES string of the molecule is CC(=C(C#N)C#N)c1ccc(OCC(C)COc2ccc(C(C)=C(C#N)C#N)cc2)cc1. The van der Waals surface area contributed by atoms with Gasteiger partial charge in [-0.1, -0.05) is 31.2 Å². The average molecular weight is 422 g/mol. The van der Waals surface area contributed by atoms with Gasteiger partial charge in [0.25, 0.3) is 0 Å². The van der Waals surface area contributed by atoms with E-state index in [2.05, 4.69) is 0 Å². The van der Waals surface area contributed by atoms with Crippen LogP contribution in [-0.4, -0.2) is 13.2 Å². The Morgan fingerprint density at radius 3 is 1.25 bits per heavy atom.